The standard InChI is InChI=1S/C18H25NO4/c1-18(2,3)23-17(21)19-15(11-13-9-10-13)16(20)22-12-14-7-5-4-6-8-14/h4-8,13,15H,9-12H2,1-3H3,(H,19,21). The van der Waals surface area contributed by atoms with Crippen LogP contribution in [0.25, 0.3) is 0 Å². The summed E-state index contributed by atoms with van der Waals surface area (Å²) >= 11 is 0. The maximum absolute atomic E-state index is 12.3. The van der Waals surface area contributed by atoms with Gasteiger partial charge < -0.3 is 14.8 Å². The van der Waals surface area contributed by atoms with E-state index in [1.807, 2.05) is 30.3 Å². The van der Waals surface area contributed by atoms with E-state index >= 15 is 0 Å². The molecule has 1 fully saturated rings. The number of alkyl carbamates (subject to hydrolysis) is 1. The number of carbonyl (C=O) groups is 2. The smallest absolute Gasteiger partial charge is 0.408 e. The van der Waals surface area contributed by atoms with Crippen molar-refractivity contribution in [1.82, 2.24) is 5.32 Å². The molecule has 0 saturated heterocycles. The van der Waals surface area contributed by atoms with Gasteiger partial charge in [0.05, 0.1) is 0 Å². The molecule has 126 valence electrons. The van der Waals surface area contributed by atoms with E-state index in [1.54, 1.807) is 20.8 Å². The molecule has 0 heterocycles. The number of carbonyl (C=O) groups excluding carboxylic acids is 2. The van der Waals surface area contributed by atoms with Crippen LogP contribution in [0.2, 0.25) is 0 Å². The van der Waals surface area contributed by atoms with Gasteiger partial charge in [-0.2, -0.15) is 0 Å². The minimum Gasteiger partial charge on any atom is -0.459 e. The van der Waals surface area contributed by atoms with Gasteiger partial charge in [0.15, 0.2) is 0 Å². The lowest BCUT2D eigenvalue weighted by molar-refractivity contribution is -0.147. The largest absolute Gasteiger partial charge is 0.459 e. The van der Waals surface area contributed by atoms with Gasteiger partial charge in [0.25, 0.3) is 0 Å². The van der Waals surface area contributed by atoms with E-state index in [9.17, 15) is 9.59 Å². The van der Waals surface area contributed by atoms with Crippen LogP contribution in [0, 0.1) is 5.92 Å². The number of rotatable bonds is 6. The van der Waals surface area contributed by atoms with Crippen LogP contribution in [-0.4, -0.2) is 23.7 Å². The van der Waals surface area contributed by atoms with E-state index in [4.69, 9.17) is 9.47 Å². The highest BCUT2D eigenvalue weighted by Crippen LogP contribution is 2.33. The lowest BCUT2D eigenvalue weighted by atomic mass is 10.1. The average molecular weight is 319 g/mol. The molecule has 1 atom stereocenters. The van der Waals surface area contributed by atoms with Crippen LogP contribution < -0.4 is 5.32 Å². The third kappa shape index (κ3) is 6.72. The molecule has 1 aliphatic rings. The zero-order chi connectivity index (χ0) is 16.9. The fraction of sp³-hybridized carbons (Fsp3) is 0.556. The molecule has 23 heavy (non-hydrogen) atoms. The monoisotopic (exact) mass is 319 g/mol. The van der Waals surface area contributed by atoms with Crippen molar-refractivity contribution in [1.29, 1.82) is 0 Å². The van der Waals surface area contributed by atoms with Gasteiger partial charge in [-0.05, 0) is 38.7 Å². The molecule has 0 aliphatic heterocycles. The highest BCUT2D eigenvalue weighted by atomic mass is 16.6. The molecule has 0 spiro atoms. The van der Waals surface area contributed by atoms with Gasteiger partial charge in [-0.1, -0.05) is 43.2 Å². The molecule has 1 aromatic rings. The van der Waals surface area contributed by atoms with Crippen molar-refractivity contribution in [2.75, 3.05) is 0 Å². The zero-order valence-corrected chi connectivity index (χ0v) is 14.0. The lowest BCUT2D eigenvalue weighted by Crippen LogP contribution is -2.44. The molecule has 1 unspecified atom stereocenters. The van der Waals surface area contributed by atoms with Crippen molar-refractivity contribution >= 4 is 12.1 Å². The van der Waals surface area contributed by atoms with E-state index < -0.39 is 23.7 Å². The topological polar surface area (TPSA) is 64.6 Å². The molecule has 1 aliphatic carbocycles. The highest BCUT2D eigenvalue weighted by molar-refractivity contribution is 5.81. The summed E-state index contributed by atoms with van der Waals surface area (Å²) in [6, 6.07) is 8.83. The second-order valence-corrected chi connectivity index (χ2v) is 6.97. The summed E-state index contributed by atoms with van der Waals surface area (Å²) in [7, 11) is 0. The fourth-order valence-electron chi connectivity index (χ4n) is 2.18. The van der Waals surface area contributed by atoms with E-state index in [1.165, 1.54) is 0 Å². The van der Waals surface area contributed by atoms with Gasteiger partial charge in [0, 0.05) is 0 Å². The molecule has 2 rings (SSSR count). The Kier molecular flexibility index (Phi) is 5.64. The van der Waals surface area contributed by atoms with Crippen molar-refractivity contribution in [3.8, 4) is 0 Å². The van der Waals surface area contributed by atoms with Crippen molar-refractivity contribution in [2.24, 2.45) is 5.92 Å². The van der Waals surface area contributed by atoms with Gasteiger partial charge in [-0.25, -0.2) is 9.59 Å². The summed E-state index contributed by atoms with van der Waals surface area (Å²) in [5.41, 5.74) is 0.325. The molecule has 0 aromatic heterocycles. The van der Waals surface area contributed by atoms with Crippen molar-refractivity contribution in [3.63, 3.8) is 0 Å². The van der Waals surface area contributed by atoms with E-state index in [0.717, 1.165) is 18.4 Å². The molecule has 5 nitrogen and oxygen atoms in total. The van der Waals surface area contributed by atoms with Crippen molar-refractivity contribution in [2.45, 2.75) is 58.3 Å². The Hall–Kier alpha value is -2.04. The van der Waals surface area contributed by atoms with Crippen LogP contribution in [0.4, 0.5) is 4.79 Å². The first-order valence-electron chi connectivity index (χ1n) is 8.03. The molecule has 5 heteroatoms. The maximum atomic E-state index is 12.3. The Morgan fingerprint density at radius 3 is 2.43 bits per heavy atom. The predicted molar refractivity (Wildman–Crippen MR) is 86.7 cm³/mol. The molecule has 1 saturated carbocycles. The fourth-order valence-corrected chi connectivity index (χ4v) is 2.18. The normalized spacial score (nSPS) is 15.6. The predicted octanol–water partition coefficient (Wildman–Crippen LogP) is 3.42. The van der Waals surface area contributed by atoms with Crippen LogP contribution in [0.1, 0.15) is 45.6 Å². The zero-order valence-electron chi connectivity index (χ0n) is 14.0. The first kappa shape index (κ1) is 17.3. The maximum Gasteiger partial charge on any atom is 0.408 e. The number of hydrogen-bond acceptors (Lipinski definition) is 4. The SMILES string of the molecule is CC(C)(C)OC(=O)NC(CC1CC1)C(=O)OCc1ccccc1. The molecule has 0 bridgehead atoms. The van der Waals surface area contributed by atoms with E-state index in [2.05, 4.69) is 5.32 Å². The number of nitrogens with one attached hydrogen (secondary N) is 1. The van der Waals surface area contributed by atoms with Crippen LogP contribution in [-0.2, 0) is 20.9 Å². The first-order valence-corrected chi connectivity index (χ1v) is 8.03. The second kappa shape index (κ2) is 7.49. The molecular formula is C18H25NO4. The minimum absolute atomic E-state index is 0.205. The van der Waals surface area contributed by atoms with Gasteiger partial charge in [0.2, 0.25) is 0 Å². The Bertz CT molecular complexity index is 532. The Morgan fingerprint density at radius 1 is 1.22 bits per heavy atom. The summed E-state index contributed by atoms with van der Waals surface area (Å²) < 4.78 is 10.6. The summed E-state index contributed by atoms with van der Waals surface area (Å²) in [6.45, 7) is 5.57. The summed E-state index contributed by atoms with van der Waals surface area (Å²) in [4.78, 5) is 24.2. The second-order valence-electron chi connectivity index (χ2n) is 6.97. The summed E-state index contributed by atoms with van der Waals surface area (Å²) in [6.07, 6.45) is 2.21. The van der Waals surface area contributed by atoms with Crippen LogP contribution in [0.15, 0.2) is 30.3 Å². The summed E-state index contributed by atoms with van der Waals surface area (Å²) in [5.74, 6) is 0.0748. The third-order valence-electron chi connectivity index (χ3n) is 3.47. The average Bonchev–Trinajstić information content (AvgIpc) is 3.27. The van der Waals surface area contributed by atoms with Gasteiger partial charge in [-0.15, -0.1) is 0 Å². The van der Waals surface area contributed by atoms with Crippen molar-refractivity contribution in [3.05, 3.63) is 35.9 Å². The number of benzene rings is 1. The van der Waals surface area contributed by atoms with Gasteiger partial charge in [0.1, 0.15) is 18.2 Å². The van der Waals surface area contributed by atoms with Gasteiger partial charge in [-0.3, -0.25) is 0 Å². The number of ether oxygens (including phenoxy) is 2. The number of hydrogen-bond donors (Lipinski definition) is 1. The number of amides is 1. The lowest BCUT2D eigenvalue weighted by Gasteiger charge is -2.23. The van der Waals surface area contributed by atoms with Crippen LogP contribution in [0.5, 0.6) is 0 Å². The molecule has 1 aromatic carbocycles. The van der Waals surface area contributed by atoms with E-state index in [0.29, 0.717) is 12.3 Å². The molecular weight excluding hydrogens is 294 g/mol. The summed E-state index contributed by atoms with van der Waals surface area (Å²) in [5, 5.41) is 2.65. The number of esters is 1. The highest BCUT2D eigenvalue weighted by Gasteiger charge is 2.32. The minimum atomic E-state index is -0.652. The Labute approximate surface area is 137 Å². The quantitative estimate of drug-likeness (QED) is 0.816. The Morgan fingerprint density at radius 2 is 1.87 bits per heavy atom. The van der Waals surface area contributed by atoms with Crippen LogP contribution in [0.3, 0.4) is 0 Å². The molecule has 1 amide bonds. The molecule has 0 radical (unpaired) electrons. The Balaban J connectivity index is 1.88. The van der Waals surface area contributed by atoms with Crippen molar-refractivity contribution < 1.29 is 19.1 Å². The van der Waals surface area contributed by atoms with Gasteiger partial charge >= 0.3 is 12.1 Å². The third-order valence-corrected chi connectivity index (χ3v) is 3.47. The molecule has 1 N–H and O–H groups in total. The first-order chi connectivity index (χ1) is 10.8. The van der Waals surface area contributed by atoms with E-state index in [-0.39, 0.29) is 6.61 Å². The van der Waals surface area contributed by atoms with Crippen LogP contribution >= 0.6 is 0 Å².